The molecular weight excluding hydrogens is 198 g/mol. The first-order chi connectivity index (χ1) is 6.51. The number of nitrogens with one attached hydrogen (secondary N) is 1. The van der Waals surface area contributed by atoms with Crippen LogP contribution in [0.25, 0.3) is 0 Å². The third-order valence-corrected chi connectivity index (χ3v) is 2.79. The lowest BCUT2D eigenvalue weighted by atomic mass is 9.94. The topological polar surface area (TPSA) is 21.3 Å². The summed E-state index contributed by atoms with van der Waals surface area (Å²) in [5, 5.41) is 3.94. The summed E-state index contributed by atoms with van der Waals surface area (Å²) in [6.45, 7) is 4.17. The maximum Gasteiger partial charge on any atom is 0.120 e. The lowest BCUT2D eigenvalue weighted by Gasteiger charge is -2.25. The van der Waals surface area contributed by atoms with Gasteiger partial charge in [0.25, 0.3) is 0 Å². The second kappa shape index (κ2) is 4.20. The summed E-state index contributed by atoms with van der Waals surface area (Å²) in [4.78, 5) is 0. The number of methoxy groups -OCH3 is 1. The van der Waals surface area contributed by atoms with Crippen LogP contribution in [-0.2, 0) is 5.54 Å². The Hall–Kier alpha value is -0.730. The van der Waals surface area contributed by atoms with E-state index in [0.717, 1.165) is 16.3 Å². The lowest BCUT2D eigenvalue weighted by molar-refractivity contribution is 0.412. The van der Waals surface area contributed by atoms with Gasteiger partial charge >= 0.3 is 0 Å². The molecule has 0 unspecified atom stereocenters. The Morgan fingerprint density at radius 1 is 1.36 bits per heavy atom. The van der Waals surface area contributed by atoms with Gasteiger partial charge in [0, 0.05) is 10.6 Å². The van der Waals surface area contributed by atoms with Crippen molar-refractivity contribution < 1.29 is 4.74 Å². The molecule has 0 spiro atoms. The number of benzene rings is 1. The van der Waals surface area contributed by atoms with Crippen LogP contribution >= 0.6 is 11.6 Å². The fraction of sp³-hybridized carbons (Fsp3) is 0.455. The molecular formula is C11H16ClNO. The maximum atomic E-state index is 6.15. The molecule has 0 radical (unpaired) electrons. The zero-order valence-electron chi connectivity index (χ0n) is 9.02. The summed E-state index contributed by atoms with van der Waals surface area (Å²) in [6.07, 6.45) is 0. The van der Waals surface area contributed by atoms with Crippen LogP contribution in [0.1, 0.15) is 19.4 Å². The predicted octanol–water partition coefficient (Wildman–Crippen LogP) is 2.80. The van der Waals surface area contributed by atoms with Crippen LogP contribution in [-0.4, -0.2) is 14.2 Å². The summed E-state index contributed by atoms with van der Waals surface area (Å²) in [7, 11) is 3.55. The monoisotopic (exact) mass is 213 g/mol. The van der Waals surface area contributed by atoms with Crippen LogP contribution < -0.4 is 10.1 Å². The first-order valence-corrected chi connectivity index (χ1v) is 4.92. The van der Waals surface area contributed by atoms with Crippen LogP contribution in [0.3, 0.4) is 0 Å². The Morgan fingerprint density at radius 3 is 2.43 bits per heavy atom. The minimum Gasteiger partial charge on any atom is -0.497 e. The second-order valence-corrected chi connectivity index (χ2v) is 4.13. The SMILES string of the molecule is CNC(C)(C)c1ccc(OC)cc1Cl. The molecule has 1 rings (SSSR count). The molecule has 78 valence electrons. The van der Waals surface area contributed by atoms with E-state index in [2.05, 4.69) is 19.2 Å². The maximum absolute atomic E-state index is 6.15. The Morgan fingerprint density at radius 2 is 2.00 bits per heavy atom. The number of hydrogen-bond donors (Lipinski definition) is 1. The molecule has 0 amide bonds. The van der Waals surface area contributed by atoms with Crippen molar-refractivity contribution in [2.24, 2.45) is 0 Å². The molecule has 1 aromatic rings. The molecule has 14 heavy (non-hydrogen) atoms. The molecule has 1 N–H and O–H groups in total. The van der Waals surface area contributed by atoms with Crippen molar-refractivity contribution in [3.05, 3.63) is 28.8 Å². The summed E-state index contributed by atoms with van der Waals surface area (Å²) >= 11 is 6.15. The summed E-state index contributed by atoms with van der Waals surface area (Å²) in [5.41, 5.74) is 0.950. The molecule has 0 saturated carbocycles. The standard InChI is InChI=1S/C11H16ClNO/c1-11(2,13-3)9-6-5-8(14-4)7-10(9)12/h5-7,13H,1-4H3. The molecule has 0 atom stereocenters. The number of hydrogen-bond acceptors (Lipinski definition) is 2. The van der Waals surface area contributed by atoms with Crippen molar-refractivity contribution >= 4 is 11.6 Å². The smallest absolute Gasteiger partial charge is 0.120 e. The highest BCUT2D eigenvalue weighted by Gasteiger charge is 2.20. The summed E-state index contributed by atoms with van der Waals surface area (Å²) in [6, 6.07) is 5.73. The van der Waals surface area contributed by atoms with Crippen LogP contribution in [0, 0.1) is 0 Å². The average molecular weight is 214 g/mol. The fourth-order valence-electron chi connectivity index (χ4n) is 1.26. The molecule has 0 heterocycles. The number of halogens is 1. The van der Waals surface area contributed by atoms with Gasteiger partial charge in [0.15, 0.2) is 0 Å². The van der Waals surface area contributed by atoms with Crippen LogP contribution in [0.5, 0.6) is 5.75 Å². The molecule has 3 heteroatoms. The zero-order valence-corrected chi connectivity index (χ0v) is 9.77. The zero-order chi connectivity index (χ0) is 10.8. The minimum absolute atomic E-state index is 0.122. The van der Waals surface area contributed by atoms with E-state index in [9.17, 15) is 0 Å². The van der Waals surface area contributed by atoms with Gasteiger partial charge in [-0.2, -0.15) is 0 Å². The van der Waals surface area contributed by atoms with Gasteiger partial charge in [-0.1, -0.05) is 17.7 Å². The van der Waals surface area contributed by atoms with Crippen LogP contribution in [0.4, 0.5) is 0 Å². The van der Waals surface area contributed by atoms with E-state index in [0.29, 0.717) is 0 Å². The third-order valence-electron chi connectivity index (χ3n) is 2.47. The third kappa shape index (κ3) is 2.20. The van der Waals surface area contributed by atoms with Gasteiger partial charge in [-0.3, -0.25) is 0 Å². The minimum atomic E-state index is -0.122. The number of ether oxygens (including phenoxy) is 1. The van der Waals surface area contributed by atoms with Gasteiger partial charge in [-0.15, -0.1) is 0 Å². The summed E-state index contributed by atoms with van der Waals surface area (Å²) in [5.74, 6) is 0.783. The Kier molecular flexibility index (Phi) is 3.40. The molecule has 0 aliphatic rings. The highest BCUT2D eigenvalue weighted by Crippen LogP contribution is 2.30. The molecule has 2 nitrogen and oxygen atoms in total. The molecule has 1 aromatic carbocycles. The molecule has 0 aromatic heterocycles. The number of rotatable bonds is 3. The lowest BCUT2D eigenvalue weighted by Crippen LogP contribution is -2.33. The van der Waals surface area contributed by atoms with Gasteiger partial charge in [0.2, 0.25) is 0 Å². The quantitative estimate of drug-likeness (QED) is 0.834. The molecule has 0 aliphatic heterocycles. The van der Waals surface area contributed by atoms with Crippen molar-refractivity contribution in [2.45, 2.75) is 19.4 Å². The van der Waals surface area contributed by atoms with Crippen molar-refractivity contribution in [1.82, 2.24) is 5.32 Å². The molecule has 0 bridgehead atoms. The van der Waals surface area contributed by atoms with Crippen LogP contribution in [0.2, 0.25) is 5.02 Å². The average Bonchev–Trinajstić information content (AvgIpc) is 2.17. The predicted molar refractivity (Wildman–Crippen MR) is 60.1 cm³/mol. The first-order valence-electron chi connectivity index (χ1n) is 4.54. The van der Waals surface area contributed by atoms with E-state index in [1.165, 1.54) is 0 Å². The second-order valence-electron chi connectivity index (χ2n) is 3.72. The van der Waals surface area contributed by atoms with E-state index in [1.54, 1.807) is 7.11 Å². The highest BCUT2D eigenvalue weighted by atomic mass is 35.5. The van der Waals surface area contributed by atoms with Gasteiger partial charge in [-0.05, 0) is 38.6 Å². The normalized spacial score (nSPS) is 11.5. The van der Waals surface area contributed by atoms with Gasteiger partial charge in [0.05, 0.1) is 7.11 Å². The Labute approximate surface area is 90.2 Å². The first kappa shape index (κ1) is 11.3. The van der Waals surface area contributed by atoms with Crippen molar-refractivity contribution in [1.29, 1.82) is 0 Å². The largest absolute Gasteiger partial charge is 0.497 e. The van der Waals surface area contributed by atoms with Gasteiger partial charge in [0.1, 0.15) is 5.75 Å². The van der Waals surface area contributed by atoms with Gasteiger partial charge in [-0.25, -0.2) is 0 Å². The van der Waals surface area contributed by atoms with Crippen molar-refractivity contribution in [3.8, 4) is 5.75 Å². The van der Waals surface area contributed by atoms with Gasteiger partial charge < -0.3 is 10.1 Å². The molecule has 0 fully saturated rings. The van der Waals surface area contributed by atoms with Crippen molar-refractivity contribution in [3.63, 3.8) is 0 Å². The van der Waals surface area contributed by atoms with E-state index in [-0.39, 0.29) is 5.54 Å². The van der Waals surface area contributed by atoms with E-state index in [4.69, 9.17) is 16.3 Å². The van der Waals surface area contributed by atoms with Crippen LogP contribution in [0.15, 0.2) is 18.2 Å². The van der Waals surface area contributed by atoms with E-state index >= 15 is 0 Å². The molecule has 0 saturated heterocycles. The van der Waals surface area contributed by atoms with E-state index < -0.39 is 0 Å². The fourth-order valence-corrected chi connectivity index (χ4v) is 1.67. The van der Waals surface area contributed by atoms with E-state index in [1.807, 2.05) is 25.2 Å². The Bertz CT molecular complexity index is 323. The van der Waals surface area contributed by atoms with Crippen molar-refractivity contribution in [2.75, 3.05) is 14.2 Å². The summed E-state index contributed by atoms with van der Waals surface area (Å²) < 4.78 is 5.09. The highest BCUT2D eigenvalue weighted by molar-refractivity contribution is 6.31. The Balaban J connectivity index is 3.12. The molecule has 0 aliphatic carbocycles.